The summed E-state index contributed by atoms with van der Waals surface area (Å²) in [5.74, 6) is -1.22. The molecule has 0 aromatic carbocycles. The van der Waals surface area contributed by atoms with Crippen LogP contribution in [0.15, 0.2) is 18.7 Å². The number of hydrogen-bond acceptors (Lipinski definition) is 3. The van der Waals surface area contributed by atoms with Crippen molar-refractivity contribution in [2.45, 2.75) is 12.6 Å². The van der Waals surface area contributed by atoms with E-state index < -0.39 is 12.1 Å². The number of hydrogen-bond donors (Lipinski definition) is 2. The van der Waals surface area contributed by atoms with Crippen molar-refractivity contribution in [3.8, 4) is 0 Å². The zero-order valence-corrected chi connectivity index (χ0v) is 5.71. The SMILES string of the molecule is O=C(O)[C@@H](O)Cn1ccnc1. The van der Waals surface area contributed by atoms with Gasteiger partial charge in [-0.2, -0.15) is 0 Å². The first-order chi connectivity index (χ1) is 5.20. The molecule has 60 valence electrons. The average Bonchev–Trinajstić information content (AvgIpc) is 2.39. The van der Waals surface area contributed by atoms with E-state index in [0.717, 1.165) is 0 Å². The molecule has 0 saturated carbocycles. The molecule has 0 radical (unpaired) electrons. The molecule has 0 aliphatic heterocycles. The lowest BCUT2D eigenvalue weighted by molar-refractivity contribution is -0.147. The van der Waals surface area contributed by atoms with Crippen LogP contribution in [0, 0.1) is 0 Å². The molecule has 0 saturated heterocycles. The summed E-state index contributed by atoms with van der Waals surface area (Å²) in [5, 5.41) is 17.1. The number of aliphatic carboxylic acids is 1. The molecule has 2 N–H and O–H groups in total. The molecule has 1 atom stereocenters. The summed E-state index contributed by atoms with van der Waals surface area (Å²) in [6, 6.07) is 0. The molecular weight excluding hydrogens is 148 g/mol. The number of nitrogens with zero attached hydrogens (tertiary/aromatic N) is 2. The summed E-state index contributed by atoms with van der Waals surface area (Å²) >= 11 is 0. The zero-order valence-electron chi connectivity index (χ0n) is 5.71. The molecule has 5 heteroatoms. The third kappa shape index (κ3) is 2.05. The predicted octanol–water partition coefficient (Wildman–Crippen LogP) is -0.671. The quantitative estimate of drug-likeness (QED) is 0.608. The van der Waals surface area contributed by atoms with Crippen LogP contribution < -0.4 is 0 Å². The number of imidazole rings is 1. The van der Waals surface area contributed by atoms with Crippen molar-refractivity contribution in [3.05, 3.63) is 18.7 Å². The highest BCUT2D eigenvalue weighted by Gasteiger charge is 2.12. The second-order valence-corrected chi connectivity index (χ2v) is 2.11. The summed E-state index contributed by atoms with van der Waals surface area (Å²) in [7, 11) is 0. The van der Waals surface area contributed by atoms with Gasteiger partial charge in [-0.05, 0) is 0 Å². The first-order valence-corrected chi connectivity index (χ1v) is 3.07. The molecule has 1 aromatic rings. The molecule has 5 nitrogen and oxygen atoms in total. The maximum atomic E-state index is 10.1. The minimum Gasteiger partial charge on any atom is -0.479 e. The Balaban J connectivity index is 2.50. The Morgan fingerprint density at radius 3 is 2.91 bits per heavy atom. The van der Waals surface area contributed by atoms with E-state index in [0.29, 0.717) is 0 Å². The Morgan fingerprint density at radius 1 is 1.73 bits per heavy atom. The molecule has 1 aromatic heterocycles. The van der Waals surface area contributed by atoms with Crippen LogP contribution in [-0.4, -0.2) is 31.8 Å². The highest BCUT2D eigenvalue weighted by molar-refractivity contribution is 5.71. The molecular formula is C6H8N2O3. The summed E-state index contributed by atoms with van der Waals surface area (Å²) in [4.78, 5) is 13.8. The van der Waals surface area contributed by atoms with Crippen molar-refractivity contribution in [2.24, 2.45) is 0 Å². The van der Waals surface area contributed by atoms with E-state index >= 15 is 0 Å². The third-order valence-electron chi connectivity index (χ3n) is 1.23. The molecule has 0 aliphatic rings. The van der Waals surface area contributed by atoms with Crippen molar-refractivity contribution in [2.75, 3.05) is 0 Å². The van der Waals surface area contributed by atoms with E-state index in [1.807, 2.05) is 0 Å². The summed E-state index contributed by atoms with van der Waals surface area (Å²) in [6.45, 7) is 0.0370. The van der Waals surface area contributed by atoms with E-state index in [-0.39, 0.29) is 6.54 Å². The lowest BCUT2D eigenvalue weighted by Gasteiger charge is -2.04. The number of aliphatic hydroxyl groups is 1. The number of aliphatic hydroxyl groups excluding tert-OH is 1. The smallest absolute Gasteiger partial charge is 0.334 e. The second kappa shape index (κ2) is 3.16. The topological polar surface area (TPSA) is 75.3 Å². The molecule has 0 amide bonds. The van der Waals surface area contributed by atoms with Gasteiger partial charge in [0.25, 0.3) is 0 Å². The number of rotatable bonds is 3. The molecule has 0 fully saturated rings. The Bertz CT molecular complexity index is 232. The summed E-state index contributed by atoms with van der Waals surface area (Å²) < 4.78 is 1.50. The lowest BCUT2D eigenvalue weighted by Crippen LogP contribution is -2.24. The molecule has 0 aliphatic carbocycles. The Labute approximate surface area is 62.9 Å². The molecule has 1 rings (SSSR count). The van der Waals surface area contributed by atoms with Gasteiger partial charge in [-0.15, -0.1) is 0 Å². The number of carboxylic acid groups (broad SMARTS) is 1. The first-order valence-electron chi connectivity index (χ1n) is 3.07. The van der Waals surface area contributed by atoms with Gasteiger partial charge in [0, 0.05) is 12.4 Å². The van der Waals surface area contributed by atoms with E-state index in [1.54, 1.807) is 6.20 Å². The minimum absolute atomic E-state index is 0.0370. The summed E-state index contributed by atoms with van der Waals surface area (Å²) in [6.07, 6.45) is 3.21. The van der Waals surface area contributed by atoms with Crippen molar-refractivity contribution >= 4 is 5.97 Å². The molecule has 0 bridgehead atoms. The lowest BCUT2D eigenvalue weighted by atomic mass is 10.3. The fraction of sp³-hybridized carbons (Fsp3) is 0.333. The van der Waals surface area contributed by atoms with Gasteiger partial charge in [0.1, 0.15) is 0 Å². The van der Waals surface area contributed by atoms with E-state index in [4.69, 9.17) is 10.2 Å². The minimum atomic E-state index is -1.36. The fourth-order valence-electron chi connectivity index (χ4n) is 0.673. The normalized spacial score (nSPS) is 12.8. The number of carboxylic acids is 1. The molecule has 0 spiro atoms. The van der Waals surface area contributed by atoms with E-state index in [2.05, 4.69) is 4.98 Å². The van der Waals surface area contributed by atoms with Crippen LogP contribution in [0.4, 0.5) is 0 Å². The van der Waals surface area contributed by atoms with Crippen LogP contribution in [0.3, 0.4) is 0 Å². The first kappa shape index (κ1) is 7.74. The van der Waals surface area contributed by atoms with Crippen LogP contribution in [0.2, 0.25) is 0 Å². The number of carbonyl (C=O) groups is 1. The Kier molecular flexibility index (Phi) is 2.22. The van der Waals surface area contributed by atoms with Crippen LogP contribution in [0.25, 0.3) is 0 Å². The van der Waals surface area contributed by atoms with Gasteiger partial charge in [-0.1, -0.05) is 0 Å². The Hall–Kier alpha value is -1.36. The van der Waals surface area contributed by atoms with Crippen LogP contribution in [0.5, 0.6) is 0 Å². The zero-order chi connectivity index (χ0) is 8.27. The van der Waals surface area contributed by atoms with Crippen molar-refractivity contribution in [1.82, 2.24) is 9.55 Å². The van der Waals surface area contributed by atoms with Gasteiger partial charge in [0.2, 0.25) is 0 Å². The number of aromatic nitrogens is 2. The van der Waals surface area contributed by atoms with Gasteiger partial charge < -0.3 is 14.8 Å². The Morgan fingerprint density at radius 2 is 2.45 bits per heavy atom. The van der Waals surface area contributed by atoms with Crippen molar-refractivity contribution in [1.29, 1.82) is 0 Å². The maximum absolute atomic E-state index is 10.1. The van der Waals surface area contributed by atoms with Crippen LogP contribution >= 0.6 is 0 Å². The van der Waals surface area contributed by atoms with Gasteiger partial charge in [0.15, 0.2) is 6.10 Å². The third-order valence-corrected chi connectivity index (χ3v) is 1.23. The highest BCUT2D eigenvalue weighted by atomic mass is 16.4. The largest absolute Gasteiger partial charge is 0.479 e. The molecule has 0 unspecified atom stereocenters. The fourth-order valence-corrected chi connectivity index (χ4v) is 0.673. The van der Waals surface area contributed by atoms with E-state index in [9.17, 15) is 4.79 Å². The summed E-state index contributed by atoms with van der Waals surface area (Å²) in [5.41, 5.74) is 0. The maximum Gasteiger partial charge on any atom is 0.334 e. The van der Waals surface area contributed by atoms with Crippen LogP contribution in [0.1, 0.15) is 0 Å². The van der Waals surface area contributed by atoms with Crippen LogP contribution in [-0.2, 0) is 11.3 Å². The van der Waals surface area contributed by atoms with Crippen molar-refractivity contribution in [3.63, 3.8) is 0 Å². The van der Waals surface area contributed by atoms with Gasteiger partial charge in [-0.3, -0.25) is 0 Å². The van der Waals surface area contributed by atoms with Gasteiger partial charge in [-0.25, -0.2) is 9.78 Å². The molecule has 11 heavy (non-hydrogen) atoms. The second-order valence-electron chi connectivity index (χ2n) is 2.11. The predicted molar refractivity (Wildman–Crippen MR) is 35.9 cm³/mol. The average molecular weight is 156 g/mol. The monoisotopic (exact) mass is 156 g/mol. The van der Waals surface area contributed by atoms with Gasteiger partial charge in [0.05, 0.1) is 12.9 Å². The standard InChI is InChI=1S/C6H8N2O3/c9-5(6(10)11)3-8-2-1-7-4-8/h1-2,4-5,9H,3H2,(H,10,11)/t5-/m0/s1. The van der Waals surface area contributed by atoms with Gasteiger partial charge >= 0.3 is 5.97 Å². The van der Waals surface area contributed by atoms with Crippen molar-refractivity contribution < 1.29 is 15.0 Å². The highest BCUT2D eigenvalue weighted by Crippen LogP contribution is 1.91. The molecule has 1 heterocycles. The van der Waals surface area contributed by atoms with E-state index in [1.165, 1.54) is 17.1 Å².